The maximum Gasteiger partial charge on any atom is 0.513 e. The Morgan fingerprint density at radius 2 is 1.71 bits per heavy atom. The summed E-state index contributed by atoms with van der Waals surface area (Å²) in [5.41, 5.74) is 2.45. The molecular formula is C26H25FN2O5. The van der Waals surface area contributed by atoms with Crippen LogP contribution in [0.3, 0.4) is 0 Å². The Morgan fingerprint density at radius 3 is 2.44 bits per heavy atom. The van der Waals surface area contributed by atoms with Crippen LogP contribution in [0.15, 0.2) is 72.8 Å². The molecule has 0 aliphatic carbocycles. The van der Waals surface area contributed by atoms with E-state index in [1.807, 2.05) is 6.07 Å². The number of hydrogen-bond acceptors (Lipinski definition) is 5. The predicted molar refractivity (Wildman–Crippen MR) is 125 cm³/mol. The van der Waals surface area contributed by atoms with E-state index in [1.165, 1.54) is 36.4 Å². The lowest BCUT2D eigenvalue weighted by molar-refractivity contribution is -0.116. The summed E-state index contributed by atoms with van der Waals surface area (Å²) in [7, 11) is 0. The molecule has 0 radical (unpaired) electrons. The molecule has 0 unspecified atom stereocenters. The lowest BCUT2D eigenvalue weighted by Crippen LogP contribution is -2.24. The molecular weight excluding hydrogens is 439 g/mol. The summed E-state index contributed by atoms with van der Waals surface area (Å²) in [4.78, 5) is 36.3. The number of carbonyl (C=O) groups is 3. The zero-order valence-electron chi connectivity index (χ0n) is 18.7. The summed E-state index contributed by atoms with van der Waals surface area (Å²) >= 11 is 0. The molecule has 0 bridgehead atoms. The zero-order valence-corrected chi connectivity index (χ0v) is 18.7. The summed E-state index contributed by atoms with van der Waals surface area (Å²) in [6.07, 6.45) is -0.197. The Morgan fingerprint density at radius 1 is 0.941 bits per heavy atom. The number of benzene rings is 3. The van der Waals surface area contributed by atoms with Crippen LogP contribution in [-0.2, 0) is 22.5 Å². The molecule has 0 saturated heterocycles. The number of anilines is 1. The van der Waals surface area contributed by atoms with Gasteiger partial charge in [0.05, 0.1) is 6.61 Å². The minimum absolute atomic E-state index is 0.195. The van der Waals surface area contributed by atoms with Gasteiger partial charge < -0.3 is 20.1 Å². The second-order valence-electron chi connectivity index (χ2n) is 7.33. The molecule has 3 aromatic rings. The first-order valence-electron chi connectivity index (χ1n) is 10.8. The van der Waals surface area contributed by atoms with Crippen LogP contribution in [0.4, 0.5) is 14.9 Å². The highest BCUT2D eigenvalue weighted by Crippen LogP contribution is 2.17. The van der Waals surface area contributed by atoms with E-state index < -0.39 is 6.16 Å². The lowest BCUT2D eigenvalue weighted by atomic mass is 10.1. The molecule has 0 spiro atoms. The van der Waals surface area contributed by atoms with Crippen LogP contribution >= 0.6 is 0 Å². The Labute approximate surface area is 196 Å². The van der Waals surface area contributed by atoms with Gasteiger partial charge in [-0.3, -0.25) is 9.59 Å². The number of carbonyl (C=O) groups excluding carboxylic acids is 3. The second kappa shape index (κ2) is 12.2. The molecule has 3 aromatic carbocycles. The molecule has 0 atom stereocenters. The first kappa shape index (κ1) is 24.4. The number of amides is 2. The van der Waals surface area contributed by atoms with E-state index in [0.717, 1.165) is 11.1 Å². The first-order chi connectivity index (χ1) is 16.4. The van der Waals surface area contributed by atoms with Crippen LogP contribution in [0.1, 0.15) is 34.8 Å². The van der Waals surface area contributed by atoms with Crippen molar-refractivity contribution >= 4 is 23.7 Å². The van der Waals surface area contributed by atoms with Gasteiger partial charge in [-0.1, -0.05) is 30.3 Å². The van der Waals surface area contributed by atoms with Crippen LogP contribution in [-0.4, -0.2) is 24.6 Å². The normalized spacial score (nSPS) is 10.3. The lowest BCUT2D eigenvalue weighted by Gasteiger charge is -2.12. The van der Waals surface area contributed by atoms with Crippen LogP contribution in [0.25, 0.3) is 0 Å². The molecule has 34 heavy (non-hydrogen) atoms. The largest absolute Gasteiger partial charge is 0.513 e. The minimum Gasteiger partial charge on any atom is -0.434 e. The molecule has 0 aromatic heterocycles. The average Bonchev–Trinajstić information content (AvgIpc) is 2.83. The minimum atomic E-state index is -0.811. The first-order valence-corrected chi connectivity index (χ1v) is 10.8. The van der Waals surface area contributed by atoms with Crippen molar-refractivity contribution in [3.63, 3.8) is 0 Å². The third-order valence-electron chi connectivity index (χ3n) is 4.84. The van der Waals surface area contributed by atoms with Crippen molar-refractivity contribution in [1.82, 2.24) is 5.32 Å². The van der Waals surface area contributed by atoms with Crippen molar-refractivity contribution in [3.8, 4) is 5.75 Å². The number of para-hydroxylation sites is 1. The van der Waals surface area contributed by atoms with Gasteiger partial charge in [-0.05, 0) is 66.9 Å². The van der Waals surface area contributed by atoms with Crippen molar-refractivity contribution in [2.45, 2.75) is 26.3 Å². The molecule has 3 rings (SSSR count). The van der Waals surface area contributed by atoms with Crippen LogP contribution < -0.4 is 15.4 Å². The molecule has 8 heteroatoms. The predicted octanol–water partition coefficient (Wildman–Crippen LogP) is 4.86. The van der Waals surface area contributed by atoms with Crippen LogP contribution in [0.2, 0.25) is 0 Å². The Bertz CT molecular complexity index is 1150. The monoisotopic (exact) mass is 464 g/mol. The van der Waals surface area contributed by atoms with Gasteiger partial charge in [0.15, 0.2) is 0 Å². The molecule has 0 aliphatic heterocycles. The smallest absolute Gasteiger partial charge is 0.434 e. The standard InChI is InChI=1S/C26H25FN2O5/c1-2-33-26(32)34-22-13-11-19(12-14-22)25(31)28-17-20-7-3-4-9-23(20)29-24(30)15-10-18-6-5-8-21(27)16-18/h3-9,11-14,16H,2,10,15,17H2,1H3,(H,28,31)(H,29,30). The maximum absolute atomic E-state index is 13.3. The summed E-state index contributed by atoms with van der Waals surface area (Å²) in [5.74, 6) is -0.600. The molecule has 176 valence electrons. The third kappa shape index (κ3) is 7.44. The van der Waals surface area contributed by atoms with Gasteiger partial charge in [0.1, 0.15) is 11.6 Å². The van der Waals surface area contributed by atoms with Gasteiger partial charge in [-0.2, -0.15) is 0 Å². The highest BCUT2D eigenvalue weighted by Gasteiger charge is 2.11. The zero-order chi connectivity index (χ0) is 24.3. The van der Waals surface area contributed by atoms with Crippen molar-refractivity contribution in [2.75, 3.05) is 11.9 Å². The van der Waals surface area contributed by atoms with Crippen LogP contribution in [0, 0.1) is 5.82 Å². The summed E-state index contributed by atoms with van der Waals surface area (Å²) in [6.45, 7) is 2.07. The SMILES string of the molecule is CCOC(=O)Oc1ccc(C(=O)NCc2ccccc2NC(=O)CCc2cccc(F)c2)cc1. The number of aryl methyl sites for hydroxylation is 1. The molecule has 0 aliphatic rings. The van der Waals surface area contributed by atoms with Gasteiger partial charge in [0, 0.05) is 24.2 Å². The van der Waals surface area contributed by atoms with Gasteiger partial charge >= 0.3 is 6.16 Å². The van der Waals surface area contributed by atoms with Crippen molar-refractivity contribution in [1.29, 1.82) is 0 Å². The van der Waals surface area contributed by atoms with Gasteiger partial charge in [0.25, 0.3) is 5.91 Å². The summed E-state index contributed by atoms with van der Waals surface area (Å²) < 4.78 is 23.0. The third-order valence-corrected chi connectivity index (χ3v) is 4.84. The van der Waals surface area contributed by atoms with Crippen molar-refractivity contribution < 1.29 is 28.2 Å². The summed E-state index contributed by atoms with van der Waals surface area (Å²) in [5, 5.41) is 5.66. The molecule has 0 saturated carbocycles. The van der Waals surface area contributed by atoms with E-state index in [1.54, 1.807) is 37.3 Å². The van der Waals surface area contributed by atoms with E-state index in [4.69, 9.17) is 9.47 Å². The fourth-order valence-corrected chi connectivity index (χ4v) is 3.15. The van der Waals surface area contributed by atoms with E-state index in [2.05, 4.69) is 10.6 Å². The van der Waals surface area contributed by atoms with Gasteiger partial charge in [-0.15, -0.1) is 0 Å². The quantitative estimate of drug-likeness (QED) is 0.348. The van der Waals surface area contributed by atoms with E-state index in [0.29, 0.717) is 17.7 Å². The van der Waals surface area contributed by atoms with Crippen molar-refractivity contribution in [2.24, 2.45) is 0 Å². The highest BCUT2D eigenvalue weighted by atomic mass is 19.1. The second-order valence-corrected chi connectivity index (χ2v) is 7.33. The van der Waals surface area contributed by atoms with E-state index in [9.17, 15) is 18.8 Å². The fraction of sp³-hybridized carbons (Fsp3) is 0.192. The van der Waals surface area contributed by atoms with Gasteiger partial charge in [-0.25, -0.2) is 9.18 Å². The van der Waals surface area contributed by atoms with Gasteiger partial charge in [0.2, 0.25) is 5.91 Å². The maximum atomic E-state index is 13.3. The number of rotatable bonds is 9. The highest BCUT2D eigenvalue weighted by molar-refractivity contribution is 5.95. The molecule has 2 amide bonds. The number of hydrogen-bond donors (Lipinski definition) is 2. The molecule has 2 N–H and O–H groups in total. The number of halogens is 1. The Kier molecular flexibility index (Phi) is 8.73. The summed E-state index contributed by atoms with van der Waals surface area (Å²) in [6, 6.07) is 19.4. The van der Waals surface area contributed by atoms with Crippen LogP contribution in [0.5, 0.6) is 5.75 Å². The fourth-order valence-electron chi connectivity index (χ4n) is 3.15. The van der Waals surface area contributed by atoms with E-state index >= 15 is 0 Å². The van der Waals surface area contributed by atoms with Crippen molar-refractivity contribution in [3.05, 3.63) is 95.3 Å². The molecule has 7 nitrogen and oxygen atoms in total. The van der Waals surface area contributed by atoms with E-state index in [-0.39, 0.29) is 43.0 Å². The number of nitrogens with one attached hydrogen (secondary N) is 2. The Balaban J connectivity index is 1.53. The average molecular weight is 464 g/mol. The number of ether oxygens (including phenoxy) is 2. The Hall–Kier alpha value is -4.20. The topological polar surface area (TPSA) is 93.7 Å². The molecule has 0 heterocycles. The molecule has 0 fully saturated rings.